The zero-order valence-corrected chi connectivity index (χ0v) is 22.2. The summed E-state index contributed by atoms with van der Waals surface area (Å²) in [4.78, 5) is 2.09. The second-order valence-electron chi connectivity index (χ2n) is 9.89. The number of rotatable bonds is 9. The minimum absolute atomic E-state index is 0.0235. The van der Waals surface area contributed by atoms with Gasteiger partial charge in [0.25, 0.3) is 6.43 Å². The van der Waals surface area contributed by atoms with Gasteiger partial charge in [-0.15, -0.1) is 15.3 Å². The molecule has 2 fully saturated rings. The van der Waals surface area contributed by atoms with Gasteiger partial charge in [0, 0.05) is 30.7 Å². The highest BCUT2D eigenvalue weighted by Crippen LogP contribution is 2.41. The average Bonchev–Trinajstić information content (AvgIpc) is 3.21. The Bertz CT molecular complexity index is 1400. The van der Waals surface area contributed by atoms with Crippen LogP contribution in [0.4, 0.5) is 14.5 Å². The fraction of sp³-hybridized carbons (Fsp3) is 0.591. The number of aromatic nitrogens is 4. The van der Waals surface area contributed by atoms with Gasteiger partial charge in [0.1, 0.15) is 6.61 Å². The van der Waals surface area contributed by atoms with Gasteiger partial charge in [-0.3, -0.25) is 0 Å². The summed E-state index contributed by atoms with van der Waals surface area (Å²) < 4.78 is 63.3. The summed E-state index contributed by atoms with van der Waals surface area (Å²) >= 11 is 0.656. The Kier molecular flexibility index (Phi) is 6.85. The van der Waals surface area contributed by atoms with Crippen molar-refractivity contribution >= 4 is 38.0 Å². The predicted octanol–water partition coefficient (Wildman–Crippen LogP) is 2.20. The largest absolute Gasteiger partial charge is 0.474 e. The van der Waals surface area contributed by atoms with Crippen LogP contribution in [0, 0.1) is 0 Å². The molecule has 1 aliphatic heterocycles. The van der Waals surface area contributed by atoms with Gasteiger partial charge in [-0.05, 0) is 45.7 Å². The molecule has 2 aliphatic rings. The molecule has 11 nitrogen and oxygen atoms in total. The third-order valence-electron chi connectivity index (χ3n) is 6.42. The molecule has 2 aromatic heterocycles. The fourth-order valence-electron chi connectivity index (χ4n) is 4.56. The van der Waals surface area contributed by atoms with Crippen molar-refractivity contribution in [3.63, 3.8) is 0 Å². The Morgan fingerprint density at radius 2 is 1.97 bits per heavy atom. The lowest BCUT2D eigenvalue weighted by Gasteiger charge is -2.38. The van der Waals surface area contributed by atoms with E-state index in [0.29, 0.717) is 41.0 Å². The van der Waals surface area contributed by atoms with Crippen molar-refractivity contribution < 1.29 is 27.0 Å². The highest BCUT2D eigenvalue weighted by molar-refractivity contribution is 7.89. The van der Waals surface area contributed by atoms with Gasteiger partial charge in [-0.25, -0.2) is 26.6 Å². The molecular weight excluding hydrogens is 528 g/mol. The summed E-state index contributed by atoms with van der Waals surface area (Å²) in [6.45, 7) is 6.78. The average molecular weight is 558 g/mol. The highest BCUT2D eigenvalue weighted by Gasteiger charge is 2.42. The van der Waals surface area contributed by atoms with Gasteiger partial charge in [-0.1, -0.05) is 11.3 Å². The topological polar surface area (TPSA) is 134 Å². The van der Waals surface area contributed by atoms with Crippen molar-refractivity contribution in [3.8, 4) is 11.0 Å². The molecule has 5 rings (SSSR count). The predicted molar refractivity (Wildman–Crippen MR) is 134 cm³/mol. The first-order chi connectivity index (χ1) is 17.5. The van der Waals surface area contributed by atoms with Crippen LogP contribution in [0.3, 0.4) is 0 Å². The van der Waals surface area contributed by atoms with Gasteiger partial charge in [-0.2, -0.15) is 0 Å². The number of anilines is 1. The standard InChI is InChI=1S/C22H29F2N7O4S2/c1-12-10-30(11-13(2)25-12)15-8-14(37(33,34)29-22(3)4-5-22)9-16-17(15)19(35-7-6-32)28-31(16)21-27-26-20(36-21)18(23)24/h8-9,12-13,18,25,29,32H,4-7,10-11H2,1-3H3/t12-,13-/m0/s1. The number of aliphatic hydroxyl groups is 1. The second-order valence-corrected chi connectivity index (χ2v) is 12.6. The molecule has 202 valence electrons. The van der Waals surface area contributed by atoms with Crippen LogP contribution in [0.25, 0.3) is 16.0 Å². The van der Waals surface area contributed by atoms with Crippen molar-refractivity contribution in [1.29, 1.82) is 0 Å². The number of nitrogens with one attached hydrogen (secondary N) is 2. The molecular formula is C22H29F2N7O4S2. The summed E-state index contributed by atoms with van der Waals surface area (Å²) in [6, 6.07) is 3.29. The van der Waals surface area contributed by atoms with Crippen LogP contribution in [0.5, 0.6) is 5.88 Å². The van der Waals surface area contributed by atoms with E-state index in [9.17, 15) is 22.3 Å². The molecule has 3 heterocycles. The second kappa shape index (κ2) is 9.69. The number of hydrogen-bond acceptors (Lipinski definition) is 10. The summed E-state index contributed by atoms with van der Waals surface area (Å²) in [5.41, 5.74) is 0.409. The number of ether oxygens (including phenoxy) is 1. The van der Waals surface area contributed by atoms with E-state index in [1.807, 2.05) is 20.8 Å². The number of benzene rings is 1. The molecule has 0 unspecified atom stereocenters. The minimum Gasteiger partial charge on any atom is -0.474 e. The van der Waals surface area contributed by atoms with E-state index < -0.39 is 27.0 Å². The van der Waals surface area contributed by atoms with Crippen LogP contribution in [0.1, 0.15) is 45.0 Å². The fourth-order valence-corrected chi connectivity index (χ4v) is 6.73. The molecule has 0 spiro atoms. The van der Waals surface area contributed by atoms with Gasteiger partial charge < -0.3 is 20.1 Å². The first-order valence-corrected chi connectivity index (χ1v) is 14.3. The van der Waals surface area contributed by atoms with Crippen LogP contribution in [0.15, 0.2) is 17.0 Å². The quantitative estimate of drug-likeness (QED) is 0.362. The normalized spacial score (nSPS) is 21.6. The summed E-state index contributed by atoms with van der Waals surface area (Å²) in [5.74, 6) is 0.137. The molecule has 1 aliphatic carbocycles. The molecule has 0 bridgehead atoms. The van der Waals surface area contributed by atoms with E-state index in [1.165, 1.54) is 10.7 Å². The first-order valence-electron chi connectivity index (χ1n) is 12.0. The van der Waals surface area contributed by atoms with Gasteiger partial charge in [0.2, 0.25) is 21.0 Å². The Morgan fingerprint density at radius 1 is 1.27 bits per heavy atom. The summed E-state index contributed by atoms with van der Waals surface area (Å²) in [6.07, 6.45) is -1.32. The van der Waals surface area contributed by atoms with Gasteiger partial charge in [0.05, 0.1) is 28.1 Å². The number of alkyl halides is 2. The third-order valence-corrected chi connectivity index (χ3v) is 8.94. The SMILES string of the molecule is C[C@H]1CN(c2cc(S(=O)(=O)NC3(C)CC3)cc3c2c(OCCO)nn3-c2nnc(C(F)F)s2)C[C@H](C)N1. The maximum Gasteiger partial charge on any atom is 0.291 e. The molecule has 37 heavy (non-hydrogen) atoms. The molecule has 1 aromatic carbocycles. The van der Waals surface area contributed by atoms with Crippen LogP contribution in [-0.2, 0) is 10.0 Å². The van der Waals surface area contributed by atoms with Gasteiger partial charge >= 0.3 is 0 Å². The lowest BCUT2D eigenvalue weighted by Crippen LogP contribution is -2.54. The van der Waals surface area contributed by atoms with Crippen molar-refractivity contribution in [3.05, 3.63) is 17.1 Å². The van der Waals surface area contributed by atoms with E-state index in [-0.39, 0.29) is 41.2 Å². The Hall–Kier alpha value is -2.46. The van der Waals surface area contributed by atoms with Crippen molar-refractivity contribution in [2.24, 2.45) is 0 Å². The zero-order chi connectivity index (χ0) is 26.5. The third kappa shape index (κ3) is 5.27. The van der Waals surface area contributed by atoms with E-state index >= 15 is 0 Å². The van der Waals surface area contributed by atoms with Crippen molar-refractivity contribution in [1.82, 2.24) is 30.0 Å². The lowest BCUT2D eigenvalue weighted by molar-refractivity contribution is 0.150. The van der Waals surface area contributed by atoms with E-state index in [0.717, 1.165) is 12.8 Å². The number of aliphatic hydroxyl groups excluding tert-OH is 1. The van der Waals surface area contributed by atoms with Crippen molar-refractivity contribution in [2.45, 2.75) is 62.6 Å². The summed E-state index contributed by atoms with van der Waals surface area (Å²) in [7, 11) is -3.92. The zero-order valence-electron chi connectivity index (χ0n) is 20.6. The Labute approximate surface area is 216 Å². The molecule has 0 radical (unpaired) electrons. The van der Waals surface area contributed by atoms with E-state index in [1.54, 1.807) is 6.07 Å². The number of piperazine rings is 1. The maximum atomic E-state index is 13.5. The lowest BCUT2D eigenvalue weighted by atomic mass is 10.1. The molecule has 15 heteroatoms. The number of halogens is 2. The Morgan fingerprint density at radius 3 is 2.57 bits per heavy atom. The van der Waals surface area contributed by atoms with E-state index in [2.05, 4.69) is 30.2 Å². The summed E-state index contributed by atoms with van der Waals surface area (Å²) in [5, 5.41) is 24.8. The highest BCUT2D eigenvalue weighted by atomic mass is 32.2. The smallest absolute Gasteiger partial charge is 0.291 e. The number of hydrogen-bond donors (Lipinski definition) is 3. The van der Waals surface area contributed by atoms with Gasteiger partial charge in [0.15, 0.2) is 5.01 Å². The maximum absolute atomic E-state index is 13.5. The molecule has 0 amide bonds. The van der Waals surface area contributed by atoms with Crippen molar-refractivity contribution in [2.75, 3.05) is 31.2 Å². The van der Waals surface area contributed by atoms with Crippen LogP contribution in [-0.4, -0.2) is 77.4 Å². The van der Waals surface area contributed by atoms with Crippen LogP contribution >= 0.6 is 11.3 Å². The molecule has 2 atom stereocenters. The molecule has 1 saturated carbocycles. The first kappa shape index (κ1) is 26.2. The number of fused-ring (bicyclic) bond motifs is 1. The molecule has 3 aromatic rings. The van der Waals surface area contributed by atoms with E-state index in [4.69, 9.17) is 4.74 Å². The number of nitrogens with zero attached hydrogens (tertiary/aromatic N) is 5. The minimum atomic E-state index is -3.92. The van der Waals surface area contributed by atoms with Crippen LogP contribution < -0.4 is 19.7 Å². The van der Waals surface area contributed by atoms with Crippen LogP contribution in [0.2, 0.25) is 0 Å². The number of sulfonamides is 1. The molecule has 1 saturated heterocycles. The monoisotopic (exact) mass is 557 g/mol. The molecule has 3 N–H and O–H groups in total. The Balaban J connectivity index is 1.74.